The summed E-state index contributed by atoms with van der Waals surface area (Å²) in [4.78, 5) is 13.3. The molecule has 1 saturated carbocycles. The highest BCUT2D eigenvalue weighted by Gasteiger charge is 2.48. The Morgan fingerprint density at radius 2 is 1.80 bits per heavy atom. The van der Waals surface area contributed by atoms with Crippen LogP contribution in [-0.4, -0.2) is 17.9 Å². The van der Waals surface area contributed by atoms with Gasteiger partial charge in [0.2, 0.25) is 5.91 Å². The molecule has 15 heavy (non-hydrogen) atoms. The van der Waals surface area contributed by atoms with E-state index in [9.17, 15) is 4.79 Å². The molecule has 1 aliphatic rings. The minimum atomic E-state index is -0.000463. The van der Waals surface area contributed by atoms with Crippen LogP contribution in [0.25, 0.3) is 0 Å². The van der Waals surface area contributed by atoms with Crippen molar-refractivity contribution >= 4 is 5.91 Å². The van der Waals surface area contributed by atoms with Gasteiger partial charge >= 0.3 is 0 Å². The summed E-state index contributed by atoms with van der Waals surface area (Å²) in [6.45, 7) is 3.71. The van der Waals surface area contributed by atoms with E-state index in [-0.39, 0.29) is 11.4 Å². The zero-order valence-electron chi connectivity index (χ0n) is 9.58. The summed E-state index contributed by atoms with van der Waals surface area (Å²) in [7, 11) is 1.90. The first kappa shape index (κ1) is 10.2. The highest BCUT2D eigenvalue weighted by Crippen LogP contribution is 2.50. The third-order valence-electron chi connectivity index (χ3n) is 3.43. The van der Waals surface area contributed by atoms with Gasteiger partial charge in [-0.25, -0.2) is 0 Å². The van der Waals surface area contributed by atoms with Crippen LogP contribution in [0.4, 0.5) is 0 Å². The van der Waals surface area contributed by atoms with Crippen LogP contribution < -0.4 is 0 Å². The standard InChI is InChI=1S/C13H17NO/c1-10-4-6-12(7-5-10)13(8-9-13)14(3)11(2)15/h4-7H,8-9H2,1-3H3. The summed E-state index contributed by atoms with van der Waals surface area (Å²) in [5.74, 6) is 0.146. The molecule has 0 unspecified atom stereocenters. The topological polar surface area (TPSA) is 20.3 Å². The molecule has 0 N–H and O–H groups in total. The first-order chi connectivity index (χ1) is 7.06. The molecule has 1 fully saturated rings. The van der Waals surface area contributed by atoms with Gasteiger partial charge in [0.15, 0.2) is 0 Å². The van der Waals surface area contributed by atoms with Crippen molar-refractivity contribution in [1.29, 1.82) is 0 Å². The molecule has 0 bridgehead atoms. The fraction of sp³-hybridized carbons (Fsp3) is 0.462. The second kappa shape index (κ2) is 3.37. The smallest absolute Gasteiger partial charge is 0.219 e. The Bertz CT molecular complexity index is 376. The summed E-state index contributed by atoms with van der Waals surface area (Å²) in [6.07, 6.45) is 2.18. The number of hydrogen-bond donors (Lipinski definition) is 0. The van der Waals surface area contributed by atoms with Gasteiger partial charge in [0.25, 0.3) is 0 Å². The Hall–Kier alpha value is -1.31. The van der Waals surface area contributed by atoms with E-state index < -0.39 is 0 Å². The molecule has 0 spiro atoms. The fourth-order valence-corrected chi connectivity index (χ4v) is 2.10. The molecule has 2 nitrogen and oxygen atoms in total. The number of rotatable bonds is 2. The molecule has 2 heteroatoms. The van der Waals surface area contributed by atoms with Gasteiger partial charge in [-0.2, -0.15) is 0 Å². The van der Waals surface area contributed by atoms with Gasteiger partial charge in [-0.1, -0.05) is 29.8 Å². The zero-order valence-corrected chi connectivity index (χ0v) is 9.58. The van der Waals surface area contributed by atoms with Crippen LogP contribution in [0.3, 0.4) is 0 Å². The molecule has 2 rings (SSSR count). The molecule has 1 aromatic carbocycles. The second-order valence-corrected chi connectivity index (χ2v) is 4.48. The number of carbonyl (C=O) groups is 1. The van der Waals surface area contributed by atoms with Gasteiger partial charge in [0.1, 0.15) is 0 Å². The lowest BCUT2D eigenvalue weighted by atomic mass is 10.0. The summed E-state index contributed by atoms with van der Waals surface area (Å²) in [5.41, 5.74) is 2.53. The minimum absolute atomic E-state index is 0.000463. The summed E-state index contributed by atoms with van der Waals surface area (Å²) in [6, 6.07) is 8.51. The van der Waals surface area contributed by atoms with E-state index in [1.165, 1.54) is 11.1 Å². The van der Waals surface area contributed by atoms with E-state index in [4.69, 9.17) is 0 Å². The Labute approximate surface area is 90.9 Å². The molecule has 1 aliphatic carbocycles. The molecule has 1 aromatic rings. The quantitative estimate of drug-likeness (QED) is 0.723. The summed E-state index contributed by atoms with van der Waals surface area (Å²) >= 11 is 0. The summed E-state index contributed by atoms with van der Waals surface area (Å²) < 4.78 is 0. The lowest BCUT2D eigenvalue weighted by molar-refractivity contribution is -0.130. The molecular weight excluding hydrogens is 186 g/mol. The van der Waals surface area contributed by atoms with E-state index >= 15 is 0 Å². The first-order valence-corrected chi connectivity index (χ1v) is 5.38. The molecule has 0 radical (unpaired) electrons. The molecule has 0 atom stereocenters. The molecule has 0 aliphatic heterocycles. The van der Waals surface area contributed by atoms with Crippen molar-refractivity contribution in [1.82, 2.24) is 4.90 Å². The van der Waals surface area contributed by atoms with E-state index in [0.717, 1.165) is 12.8 Å². The molecular formula is C13H17NO. The molecule has 0 heterocycles. The van der Waals surface area contributed by atoms with Crippen LogP contribution in [0, 0.1) is 6.92 Å². The van der Waals surface area contributed by atoms with Crippen molar-refractivity contribution in [3.05, 3.63) is 35.4 Å². The fourth-order valence-electron chi connectivity index (χ4n) is 2.10. The van der Waals surface area contributed by atoms with Crippen LogP contribution in [-0.2, 0) is 10.3 Å². The monoisotopic (exact) mass is 203 g/mol. The van der Waals surface area contributed by atoms with Crippen molar-refractivity contribution in [2.75, 3.05) is 7.05 Å². The maximum Gasteiger partial charge on any atom is 0.219 e. The number of amides is 1. The van der Waals surface area contributed by atoms with Gasteiger partial charge in [0.05, 0.1) is 5.54 Å². The lowest BCUT2D eigenvalue weighted by Crippen LogP contribution is -2.35. The number of aryl methyl sites for hydroxylation is 1. The normalized spacial score (nSPS) is 17.3. The average molecular weight is 203 g/mol. The SMILES string of the molecule is CC(=O)N(C)C1(c2ccc(C)cc2)CC1. The maximum atomic E-state index is 11.4. The van der Waals surface area contributed by atoms with E-state index in [1.807, 2.05) is 11.9 Å². The molecule has 80 valence electrons. The Balaban J connectivity index is 2.30. The summed E-state index contributed by atoms with van der Waals surface area (Å²) in [5, 5.41) is 0. The van der Waals surface area contributed by atoms with Gasteiger partial charge in [-0.15, -0.1) is 0 Å². The Kier molecular flexibility index (Phi) is 2.29. The Morgan fingerprint density at radius 1 is 1.27 bits per heavy atom. The van der Waals surface area contributed by atoms with Crippen LogP contribution in [0.1, 0.15) is 30.9 Å². The van der Waals surface area contributed by atoms with E-state index in [2.05, 4.69) is 31.2 Å². The van der Waals surface area contributed by atoms with Crippen LogP contribution in [0.15, 0.2) is 24.3 Å². The average Bonchev–Trinajstić information content (AvgIpc) is 2.99. The van der Waals surface area contributed by atoms with Gasteiger partial charge < -0.3 is 4.90 Å². The number of carbonyl (C=O) groups excluding carboxylic acids is 1. The van der Waals surface area contributed by atoms with E-state index in [1.54, 1.807) is 6.92 Å². The largest absolute Gasteiger partial charge is 0.336 e. The first-order valence-electron chi connectivity index (χ1n) is 5.38. The maximum absolute atomic E-state index is 11.4. The lowest BCUT2D eigenvalue weighted by Gasteiger charge is -2.27. The van der Waals surface area contributed by atoms with Gasteiger partial charge in [0, 0.05) is 14.0 Å². The predicted octanol–water partition coefficient (Wildman–Crippen LogP) is 2.46. The highest BCUT2D eigenvalue weighted by molar-refractivity contribution is 5.74. The Morgan fingerprint density at radius 3 is 2.20 bits per heavy atom. The van der Waals surface area contributed by atoms with Crippen molar-refractivity contribution in [2.45, 2.75) is 32.2 Å². The molecule has 0 aromatic heterocycles. The third-order valence-corrected chi connectivity index (χ3v) is 3.43. The van der Waals surface area contributed by atoms with Crippen LogP contribution in [0.5, 0.6) is 0 Å². The van der Waals surface area contributed by atoms with Crippen molar-refractivity contribution in [3.63, 3.8) is 0 Å². The molecule has 1 amide bonds. The van der Waals surface area contributed by atoms with Crippen molar-refractivity contribution < 1.29 is 4.79 Å². The molecule has 0 saturated heterocycles. The second-order valence-electron chi connectivity index (χ2n) is 4.48. The minimum Gasteiger partial charge on any atom is -0.336 e. The number of hydrogen-bond acceptors (Lipinski definition) is 1. The van der Waals surface area contributed by atoms with Crippen LogP contribution in [0.2, 0.25) is 0 Å². The van der Waals surface area contributed by atoms with Gasteiger partial charge in [-0.3, -0.25) is 4.79 Å². The van der Waals surface area contributed by atoms with Crippen LogP contribution >= 0.6 is 0 Å². The number of benzene rings is 1. The number of nitrogens with zero attached hydrogens (tertiary/aromatic N) is 1. The van der Waals surface area contributed by atoms with E-state index in [0.29, 0.717) is 0 Å². The highest BCUT2D eigenvalue weighted by atomic mass is 16.2. The zero-order chi connectivity index (χ0) is 11.1. The third kappa shape index (κ3) is 1.65. The van der Waals surface area contributed by atoms with Gasteiger partial charge in [-0.05, 0) is 25.3 Å². The van der Waals surface area contributed by atoms with Crippen molar-refractivity contribution in [3.8, 4) is 0 Å². The predicted molar refractivity (Wildman–Crippen MR) is 60.5 cm³/mol. The van der Waals surface area contributed by atoms with Crippen molar-refractivity contribution in [2.24, 2.45) is 0 Å².